The van der Waals surface area contributed by atoms with Gasteiger partial charge in [-0.15, -0.1) is 0 Å². The van der Waals surface area contributed by atoms with Crippen LogP contribution in [0.15, 0.2) is 23.2 Å². The monoisotopic (exact) mass is 271 g/mol. The number of anilines is 1. The Morgan fingerprint density at radius 1 is 1.44 bits per heavy atom. The van der Waals surface area contributed by atoms with Gasteiger partial charge >= 0.3 is 0 Å². The van der Waals surface area contributed by atoms with Gasteiger partial charge in [-0.1, -0.05) is 0 Å². The first-order valence-electron chi connectivity index (χ1n) is 5.80. The van der Waals surface area contributed by atoms with Crippen molar-refractivity contribution in [1.82, 2.24) is 9.71 Å². The average molecular weight is 271 g/mol. The highest BCUT2D eigenvalue weighted by Crippen LogP contribution is 2.17. The Morgan fingerprint density at radius 3 is 2.72 bits per heavy atom. The van der Waals surface area contributed by atoms with E-state index in [2.05, 4.69) is 15.0 Å². The summed E-state index contributed by atoms with van der Waals surface area (Å²) in [6.45, 7) is 2.45. The topological polar surface area (TPSA) is 80.3 Å². The van der Waals surface area contributed by atoms with E-state index in [-0.39, 0.29) is 17.0 Å². The van der Waals surface area contributed by atoms with Gasteiger partial charge in [0.05, 0.1) is 12.1 Å². The Hall–Kier alpha value is -1.18. The molecule has 0 saturated carbocycles. The van der Waals surface area contributed by atoms with E-state index in [9.17, 15) is 8.42 Å². The van der Waals surface area contributed by atoms with Crippen LogP contribution in [0.4, 0.5) is 5.82 Å². The van der Waals surface area contributed by atoms with Crippen molar-refractivity contribution in [3.63, 3.8) is 0 Å². The molecule has 2 unspecified atom stereocenters. The third-order valence-electron chi connectivity index (χ3n) is 2.99. The molecule has 0 bridgehead atoms. The van der Waals surface area contributed by atoms with E-state index in [4.69, 9.17) is 4.74 Å². The van der Waals surface area contributed by atoms with Crippen LogP contribution in [0.25, 0.3) is 0 Å². The van der Waals surface area contributed by atoms with Gasteiger partial charge in [-0.2, -0.15) is 0 Å². The van der Waals surface area contributed by atoms with Gasteiger partial charge in [-0.25, -0.2) is 18.1 Å². The lowest BCUT2D eigenvalue weighted by atomic mass is 10.2. The number of sulfonamides is 1. The maximum absolute atomic E-state index is 12.1. The summed E-state index contributed by atoms with van der Waals surface area (Å²) in [5.41, 5.74) is 0. The molecule has 1 aromatic heterocycles. The molecule has 0 aromatic carbocycles. The van der Waals surface area contributed by atoms with Gasteiger partial charge in [-0.3, -0.25) is 0 Å². The Morgan fingerprint density at radius 2 is 2.22 bits per heavy atom. The van der Waals surface area contributed by atoms with Crippen molar-refractivity contribution >= 4 is 15.8 Å². The zero-order chi connectivity index (χ0) is 13.2. The predicted molar refractivity (Wildman–Crippen MR) is 67.9 cm³/mol. The molecule has 0 radical (unpaired) electrons. The van der Waals surface area contributed by atoms with Crippen LogP contribution in [-0.2, 0) is 14.8 Å². The smallest absolute Gasteiger partial charge is 0.242 e. The summed E-state index contributed by atoms with van der Waals surface area (Å²) in [5, 5.41) is 2.84. The number of rotatable bonds is 4. The molecule has 7 heteroatoms. The minimum atomic E-state index is -3.52. The SMILES string of the molecule is CNc1ccc(S(=O)(=O)NC2CCOC2C)cn1. The third kappa shape index (κ3) is 2.80. The van der Waals surface area contributed by atoms with Gasteiger partial charge in [0.25, 0.3) is 0 Å². The average Bonchev–Trinajstić information content (AvgIpc) is 2.74. The highest BCUT2D eigenvalue weighted by atomic mass is 32.2. The molecule has 0 amide bonds. The van der Waals surface area contributed by atoms with Crippen LogP contribution >= 0.6 is 0 Å². The molecule has 1 aromatic rings. The van der Waals surface area contributed by atoms with E-state index in [1.165, 1.54) is 12.3 Å². The van der Waals surface area contributed by atoms with Crippen LogP contribution in [-0.4, -0.2) is 39.2 Å². The highest BCUT2D eigenvalue weighted by molar-refractivity contribution is 7.89. The van der Waals surface area contributed by atoms with E-state index < -0.39 is 10.0 Å². The van der Waals surface area contributed by atoms with Crippen molar-refractivity contribution in [2.75, 3.05) is 19.0 Å². The second-order valence-electron chi connectivity index (χ2n) is 4.22. The zero-order valence-electron chi connectivity index (χ0n) is 10.4. The lowest BCUT2D eigenvalue weighted by Crippen LogP contribution is -2.39. The molecule has 6 nitrogen and oxygen atoms in total. The minimum Gasteiger partial charge on any atom is -0.377 e. The first kappa shape index (κ1) is 13.3. The molecule has 2 N–H and O–H groups in total. The van der Waals surface area contributed by atoms with Crippen LogP contribution in [0, 0.1) is 0 Å². The lowest BCUT2D eigenvalue weighted by molar-refractivity contribution is 0.117. The summed E-state index contributed by atoms with van der Waals surface area (Å²) in [5.74, 6) is 0.631. The fourth-order valence-corrected chi connectivity index (χ4v) is 3.12. The van der Waals surface area contributed by atoms with E-state index in [1.54, 1.807) is 13.1 Å². The van der Waals surface area contributed by atoms with E-state index in [0.29, 0.717) is 18.8 Å². The normalized spacial score (nSPS) is 24.1. The third-order valence-corrected chi connectivity index (χ3v) is 4.46. The van der Waals surface area contributed by atoms with Gasteiger partial charge in [0, 0.05) is 19.9 Å². The second-order valence-corrected chi connectivity index (χ2v) is 5.94. The van der Waals surface area contributed by atoms with Crippen LogP contribution in [0.5, 0.6) is 0 Å². The highest BCUT2D eigenvalue weighted by Gasteiger charge is 2.29. The first-order valence-corrected chi connectivity index (χ1v) is 7.29. The van der Waals surface area contributed by atoms with Crippen molar-refractivity contribution in [2.24, 2.45) is 0 Å². The van der Waals surface area contributed by atoms with Crippen molar-refractivity contribution in [3.05, 3.63) is 18.3 Å². The summed E-state index contributed by atoms with van der Waals surface area (Å²) in [6.07, 6.45) is 1.95. The predicted octanol–water partition coefficient (Wildman–Crippen LogP) is 0.579. The number of aromatic nitrogens is 1. The molecular formula is C11H17N3O3S. The molecule has 1 aliphatic rings. The number of ether oxygens (including phenoxy) is 1. The minimum absolute atomic E-state index is 0.0932. The van der Waals surface area contributed by atoms with Gasteiger partial charge in [-0.05, 0) is 25.5 Å². The molecule has 2 rings (SSSR count). The van der Waals surface area contributed by atoms with Crippen LogP contribution in [0.3, 0.4) is 0 Å². The zero-order valence-corrected chi connectivity index (χ0v) is 11.2. The number of pyridine rings is 1. The number of nitrogens with zero attached hydrogens (tertiary/aromatic N) is 1. The number of hydrogen-bond donors (Lipinski definition) is 2. The van der Waals surface area contributed by atoms with Crippen molar-refractivity contribution in [2.45, 2.75) is 30.4 Å². The Balaban J connectivity index is 2.14. The molecular weight excluding hydrogens is 254 g/mol. The molecule has 1 saturated heterocycles. The number of hydrogen-bond acceptors (Lipinski definition) is 5. The Bertz CT molecular complexity index is 501. The molecule has 1 fully saturated rings. The van der Waals surface area contributed by atoms with Crippen molar-refractivity contribution in [1.29, 1.82) is 0 Å². The van der Waals surface area contributed by atoms with E-state index in [1.807, 2.05) is 6.92 Å². The maximum Gasteiger partial charge on any atom is 0.242 e. The second kappa shape index (κ2) is 5.21. The fraction of sp³-hybridized carbons (Fsp3) is 0.545. The summed E-state index contributed by atoms with van der Waals surface area (Å²) in [6, 6.07) is 2.99. The lowest BCUT2D eigenvalue weighted by Gasteiger charge is -2.16. The Kier molecular flexibility index (Phi) is 3.84. The molecule has 1 aliphatic heterocycles. The summed E-state index contributed by atoms with van der Waals surface area (Å²) >= 11 is 0. The molecule has 0 aliphatic carbocycles. The molecule has 0 spiro atoms. The van der Waals surface area contributed by atoms with Gasteiger partial charge in [0.1, 0.15) is 10.7 Å². The standard InChI is InChI=1S/C11H17N3O3S/c1-8-10(5-6-17-8)14-18(15,16)9-3-4-11(12-2)13-7-9/h3-4,7-8,10,14H,5-6H2,1-2H3,(H,12,13). The van der Waals surface area contributed by atoms with Crippen LogP contribution < -0.4 is 10.0 Å². The summed E-state index contributed by atoms with van der Waals surface area (Å²) in [7, 11) is -1.79. The van der Waals surface area contributed by atoms with E-state index >= 15 is 0 Å². The number of nitrogens with one attached hydrogen (secondary N) is 2. The van der Waals surface area contributed by atoms with E-state index in [0.717, 1.165) is 0 Å². The van der Waals surface area contributed by atoms with Gasteiger partial charge in [0.15, 0.2) is 0 Å². The Labute approximate surface area is 107 Å². The molecule has 100 valence electrons. The van der Waals surface area contributed by atoms with Crippen LogP contribution in [0.2, 0.25) is 0 Å². The van der Waals surface area contributed by atoms with Crippen molar-refractivity contribution in [3.8, 4) is 0 Å². The summed E-state index contributed by atoms with van der Waals surface area (Å²) in [4.78, 5) is 4.16. The quantitative estimate of drug-likeness (QED) is 0.837. The molecule has 18 heavy (non-hydrogen) atoms. The fourth-order valence-electron chi connectivity index (χ4n) is 1.84. The van der Waals surface area contributed by atoms with Gasteiger partial charge < -0.3 is 10.1 Å². The van der Waals surface area contributed by atoms with Crippen molar-refractivity contribution < 1.29 is 13.2 Å². The summed E-state index contributed by atoms with van der Waals surface area (Å²) < 4.78 is 32.2. The molecule has 2 heterocycles. The first-order chi connectivity index (χ1) is 8.53. The maximum atomic E-state index is 12.1. The van der Waals surface area contributed by atoms with Crippen LogP contribution in [0.1, 0.15) is 13.3 Å². The largest absolute Gasteiger partial charge is 0.377 e. The van der Waals surface area contributed by atoms with Gasteiger partial charge in [0.2, 0.25) is 10.0 Å². The molecule has 2 atom stereocenters.